The third kappa shape index (κ3) is 4.79. The van der Waals surface area contributed by atoms with Crippen LogP contribution in [0.4, 0.5) is 5.69 Å². The van der Waals surface area contributed by atoms with Gasteiger partial charge in [-0.1, -0.05) is 42.5 Å². The summed E-state index contributed by atoms with van der Waals surface area (Å²) in [5, 5.41) is 13.3. The Bertz CT molecular complexity index is 921. The van der Waals surface area contributed by atoms with Crippen LogP contribution in [0.25, 0.3) is 0 Å². The molecule has 0 radical (unpaired) electrons. The van der Waals surface area contributed by atoms with E-state index in [1.54, 1.807) is 17.4 Å². The minimum absolute atomic E-state index is 0.0777. The predicted octanol–water partition coefficient (Wildman–Crippen LogP) is 6.37. The molecular formula is C22H25Cl2N3OS. The van der Waals surface area contributed by atoms with Crippen LogP contribution in [0.1, 0.15) is 55.0 Å². The normalized spacial score (nSPS) is 20.0. The number of carbonyl (C=O) groups is 1. The van der Waals surface area contributed by atoms with Crippen molar-refractivity contribution in [2.75, 3.05) is 11.6 Å². The number of nitrogens with one attached hydrogen (secondary N) is 1. The van der Waals surface area contributed by atoms with E-state index < -0.39 is 0 Å². The lowest BCUT2D eigenvalue weighted by Crippen LogP contribution is -2.35. The molecule has 1 amide bonds. The number of hydrazone groups is 1. The fourth-order valence-corrected chi connectivity index (χ4v) is 5.60. The zero-order valence-electron chi connectivity index (χ0n) is 16.5. The Labute approximate surface area is 185 Å². The SMILES string of the molecule is Cc1csc(C2CC(CNC(=O)C3CCCCC3)=NN2c2ccc(Cl)cc2Cl)c1. The number of benzene rings is 1. The van der Waals surface area contributed by atoms with Crippen LogP contribution in [-0.2, 0) is 4.79 Å². The molecule has 1 N–H and O–H groups in total. The summed E-state index contributed by atoms with van der Waals surface area (Å²) in [6.45, 7) is 2.58. The van der Waals surface area contributed by atoms with Gasteiger partial charge in [0.25, 0.3) is 0 Å². The lowest BCUT2D eigenvalue weighted by atomic mass is 9.88. The third-order valence-electron chi connectivity index (χ3n) is 5.65. The first-order valence-corrected chi connectivity index (χ1v) is 11.8. The molecule has 29 heavy (non-hydrogen) atoms. The molecule has 1 aliphatic heterocycles. The average Bonchev–Trinajstić information content (AvgIpc) is 3.33. The predicted molar refractivity (Wildman–Crippen MR) is 122 cm³/mol. The molecular weight excluding hydrogens is 425 g/mol. The highest BCUT2D eigenvalue weighted by Gasteiger charge is 2.32. The summed E-state index contributed by atoms with van der Waals surface area (Å²) in [6.07, 6.45) is 6.33. The molecule has 4 nitrogen and oxygen atoms in total. The van der Waals surface area contributed by atoms with E-state index in [4.69, 9.17) is 28.3 Å². The lowest BCUT2D eigenvalue weighted by Gasteiger charge is -2.23. The van der Waals surface area contributed by atoms with Crippen LogP contribution in [0, 0.1) is 12.8 Å². The maximum atomic E-state index is 12.5. The van der Waals surface area contributed by atoms with Crippen molar-refractivity contribution in [1.29, 1.82) is 0 Å². The molecule has 1 saturated carbocycles. The van der Waals surface area contributed by atoms with Crippen LogP contribution in [0.2, 0.25) is 10.0 Å². The minimum Gasteiger partial charge on any atom is -0.350 e. The second kappa shape index (κ2) is 9.07. The number of thiophene rings is 1. The zero-order chi connectivity index (χ0) is 20.4. The van der Waals surface area contributed by atoms with Gasteiger partial charge in [0.05, 0.1) is 29.0 Å². The lowest BCUT2D eigenvalue weighted by molar-refractivity contribution is -0.125. The molecule has 1 aliphatic carbocycles. The Morgan fingerprint density at radius 2 is 2.03 bits per heavy atom. The molecule has 4 rings (SSSR count). The van der Waals surface area contributed by atoms with Crippen molar-refractivity contribution in [3.05, 3.63) is 50.1 Å². The number of aryl methyl sites for hydroxylation is 1. The average molecular weight is 450 g/mol. The van der Waals surface area contributed by atoms with Gasteiger partial charge in [0.15, 0.2) is 0 Å². The molecule has 154 valence electrons. The summed E-state index contributed by atoms with van der Waals surface area (Å²) in [5.74, 6) is 0.321. The molecule has 2 heterocycles. The van der Waals surface area contributed by atoms with Gasteiger partial charge in [0, 0.05) is 22.2 Å². The van der Waals surface area contributed by atoms with E-state index in [0.717, 1.165) is 43.5 Å². The maximum Gasteiger partial charge on any atom is 0.223 e. The Morgan fingerprint density at radius 1 is 1.24 bits per heavy atom. The van der Waals surface area contributed by atoms with Crippen molar-refractivity contribution in [3.8, 4) is 0 Å². The highest BCUT2D eigenvalue weighted by Crippen LogP contribution is 2.41. The van der Waals surface area contributed by atoms with Gasteiger partial charge in [-0.3, -0.25) is 9.80 Å². The fraction of sp³-hybridized carbons (Fsp3) is 0.455. The molecule has 0 saturated heterocycles. The van der Waals surface area contributed by atoms with Crippen LogP contribution < -0.4 is 10.3 Å². The molecule has 1 atom stereocenters. The van der Waals surface area contributed by atoms with Crippen LogP contribution in [-0.4, -0.2) is 18.2 Å². The highest BCUT2D eigenvalue weighted by atomic mass is 35.5. The van der Waals surface area contributed by atoms with E-state index in [2.05, 4.69) is 23.7 Å². The van der Waals surface area contributed by atoms with E-state index in [1.165, 1.54) is 16.9 Å². The summed E-state index contributed by atoms with van der Waals surface area (Å²) in [6, 6.07) is 7.76. The van der Waals surface area contributed by atoms with Crippen LogP contribution in [0.15, 0.2) is 34.7 Å². The van der Waals surface area contributed by atoms with Gasteiger partial charge in [-0.15, -0.1) is 11.3 Å². The fourth-order valence-electron chi connectivity index (χ4n) is 4.12. The Balaban J connectivity index is 1.52. The first kappa shape index (κ1) is 20.7. The molecule has 1 fully saturated rings. The molecule has 2 aromatic rings. The van der Waals surface area contributed by atoms with Crippen molar-refractivity contribution in [2.45, 2.75) is 51.5 Å². The second-order valence-electron chi connectivity index (χ2n) is 7.91. The van der Waals surface area contributed by atoms with E-state index >= 15 is 0 Å². The van der Waals surface area contributed by atoms with Gasteiger partial charge < -0.3 is 5.32 Å². The van der Waals surface area contributed by atoms with Gasteiger partial charge >= 0.3 is 0 Å². The standard InChI is InChI=1S/C22H25Cl2N3OS/c1-14-9-21(29-13-14)20-11-17(12-25-22(28)15-5-3-2-4-6-15)26-27(20)19-8-7-16(23)10-18(19)24/h7-10,13,15,20H,2-6,11-12H2,1H3,(H,25,28). The monoisotopic (exact) mass is 449 g/mol. The minimum atomic E-state index is 0.0777. The number of rotatable bonds is 5. The van der Waals surface area contributed by atoms with Crippen molar-refractivity contribution in [1.82, 2.24) is 5.32 Å². The number of hydrogen-bond acceptors (Lipinski definition) is 4. The summed E-state index contributed by atoms with van der Waals surface area (Å²) in [5.41, 5.74) is 3.04. The van der Waals surface area contributed by atoms with E-state index in [-0.39, 0.29) is 17.9 Å². The molecule has 1 unspecified atom stereocenters. The summed E-state index contributed by atoms with van der Waals surface area (Å²) >= 11 is 14.3. The summed E-state index contributed by atoms with van der Waals surface area (Å²) in [4.78, 5) is 13.8. The highest BCUT2D eigenvalue weighted by molar-refractivity contribution is 7.10. The van der Waals surface area contributed by atoms with Crippen LogP contribution in [0.3, 0.4) is 0 Å². The second-order valence-corrected chi connectivity index (χ2v) is 9.69. The number of nitrogens with zero attached hydrogens (tertiary/aromatic N) is 2. The van der Waals surface area contributed by atoms with Gasteiger partial charge in [-0.2, -0.15) is 5.10 Å². The Hall–Kier alpha value is -1.56. The molecule has 1 aromatic heterocycles. The topological polar surface area (TPSA) is 44.7 Å². The quantitative estimate of drug-likeness (QED) is 0.576. The third-order valence-corrected chi connectivity index (χ3v) is 7.34. The van der Waals surface area contributed by atoms with E-state index in [0.29, 0.717) is 16.6 Å². The molecule has 1 aromatic carbocycles. The Kier molecular flexibility index (Phi) is 6.47. The smallest absolute Gasteiger partial charge is 0.223 e. The number of halogens is 2. The van der Waals surface area contributed by atoms with E-state index in [1.807, 2.05) is 17.1 Å². The van der Waals surface area contributed by atoms with E-state index in [9.17, 15) is 4.79 Å². The van der Waals surface area contributed by atoms with Gasteiger partial charge in [0.2, 0.25) is 5.91 Å². The number of anilines is 1. The molecule has 2 aliphatic rings. The molecule has 0 spiro atoms. The first-order chi connectivity index (χ1) is 14.0. The summed E-state index contributed by atoms with van der Waals surface area (Å²) < 4.78 is 0. The molecule has 7 heteroatoms. The zero-order valence-corrected chi connectivity index (χ0v) is 18.8. The van der Waals surface area contributed by atoms with Gasteiger partial charge in [-0.05, 0) is 55.0 Å². The van der Waals surface area contributed by atoms with Crippen molar-refractivity contribution >= 4 is 51.8 Å². The van der Waals surface area contributed by atoms with Crippen LogP contribution in [0.5, 0.6) is 0 Å². The first-order valence-electron chi connectivity index (χ1n) is 10.1. The Morgan fingerprint density at radius 3 is 2.72 bits per heavy atom. The van der Waals surface area contributed by atoms with Gasteiger partial charge in [-0.25, -0.2) is 0 Å². The summed E-state index contributed by atoms with van der Waals surface area (Å²) in [7, 11) is 0. The van der Waals surface area contributed by atoms with Gasteiger partial charge in [0.1, 0.15) is 0 Å². The number of carbonyl (C=O) groups excluding carboxylic acids is 1. The largest absolute Gasteiger partial charge is 0.350 e. The van der Waals surface area contributed by atoms with Crippen molar-refractivity contribution < 1.29 is 4.79 Å². The number of hydrogen-bond donors (Lipinski definition) is 1. The number of amides is 1. The molecule has 0 bridgehead atoms. The van der Waals surface area contributed by atoms with Crippen molar-refractivity contribution in [2.24, 2.45) is 11.0 Å². The van der Waals surface area contributed by atoms with Crippen LogP contribution >= 0.6 is 34.5 Å². The van der Waals surface area contributed by atoms with Crippen molar-refractivity contribution in [3.63, 3.8) is 0 Å². The maximum absolute atomic E-state index is 12.5.